The first-order chi connectivity index (χ1) is 9.61. The van der Waals surface area contributed by atoms with E-state index >= 15 is 0 Å². The Kier molecular flexibility index (Phi) is 4.35. The lowest BCUT2D eigenvalue weighted by Gasteiger charge is -2.11. The van der Waals surface area contributed by atoms with Crippen LogP contribution in [0.4, 0.5) is 10.1 Å². The smallest absolute Gasteiger partial charge is 0.335 e. The molecule has 0 heterocycles. The molecule has 4 heteroatoms. The van der Waals surface area contributed by atoms with Crippen LogP contribution in [-0.2, 0) is 13.0 Å². The average Bonchev–Trinajstić information content (AvgIpc) is 2.46. The van der Waals surface area contributed by atoms with Crippen molar-refractivity contribution in [1.29, 1.82) is 0 Å². The zero-order chi connectivity index (χ0) is 14.5. The van der Waals surface area contributed by atoms with E-state index in [1.165, 1.54) is 18.2 Å². The van der Waals surface area contributed by atoms with Crippen molar-refractivity contribution < 1.29 is 14.3 Å². The van der Waals surface area contributed by atoms with E-state index < -0.39 is 11.8 Å². The second-order valence-electron chi connectivity index (χ2n) is 4.48. The minimum Gasteiger partial charge on any atom is -0.478 e. The van der Waals surface area contributed by atoms with Gasteiger partial charge >= 0.3 is 5.97 Å². The predicted molar refractivity (Wildman–Crippen MR) is 76.5 cm³/mol. The van der Waals surface area contributed by atoms with Gasteiger partial charge in [-0.1, -0.05) is 25.1 Å². The van der Waals surface area contributed by atoms with Gasteiger partial charge in [-0.25, -0.2) is 9.18 Å². The van der Waals surface area contributed by atoms with Crippen LogP contribution in [0.25, 0.3) is 0 Å². The number of carbonyl (C=O) groups is 1. The van der Waals surface area contributed by atoms with E-state index in [4.69, 9.17) is 5.11 Å². The largest absolute Gasteiger partial charge is 0.478 e. The number of aromatic carboxylic acids is 1. The summed E-state index contributed by atoms with van der Waals surface area (Å²) in [6.45, 7) is 2.30. The molecule has 104 valence electrons. The molecule has 0 unspecified atom stereocenters. The van der Waals surface area contributed by atoms with E-state index in [2.05, 4.69) is 5.32 Å². The Balaban J connectivity index is 2.18. The van der Waals surface area contributed by atoms with E-state index in [1.54, 1.807) is 0 Å². The standard InChI is InChI=1S/C16H16FNO2/c1-2-11-5-3-4-6-15(11)18-10-13-9-12(16(19)20)7-8-14(13)17/h3-9,18H,2,10H2,1H3,(H,19,20). The number of nitrogens with one attached hydrogen (secondary N) is 1. The van der Waals surface area contributed by atoms with Crippen molar-refractivity contribution in [1.82, 2.24) is 0 Å². The van der Waals surface area contributed by atoms with Crippen LogP contribution in [0.3, 0.4) is 0 Å². The summed E-state index contributed by atoms with van der Waals surface area (Å²) in [5, 5.41) is 12.1. The predicted octanol–water partition coefficient (Wildman–Crippen LogP) is 3.70. The van der Waals surface area contributed by atoms with Gasteiger partial charge in [0.05, 0.1) is 5.56 Å². The maximum absolute atomic E-state index is 13.7. The second-order valence-corrected chi connectivity index (χ2v) is 4.48. The molecule has 0 spiro atoms. The highest BCUT2D eigenvalue weighted by Crippen LogP contribution is 2.18. The molecule has 0 atom stereocenters. The fraction of sp³-hybridized carbons (Fsp3) is 0.188. The lowest BCUT2D eigenvalue weighted by molar-refractivity contribution is 0.0696. The van der Waals surface area contributed by atoms with Crippen LogP contribution in [0.5, 0.6) is 0 Å². The molecule has 2 aromatic carbocycles. The monoisotopic (exact) mass is 273 g/mol. The number of benzene rings is 2. The van der Waals surface area contributed by atoms with Gasteiger partial charge in [-0.15, -0.1) is 0 Å². The third-order valence-electron chi connectivity index (χ3n) is 3.16. The Labute approximate surface area is 117 Å². The van der Waals surface area contributed by atoms with E-state index in [9.17, 15) is 9.18 Å². The SMILES string of the molecule is CCc1ccccc1NCc1cc(C(=O)O)ccc1F. The normalized spacial score (nSPS) is 10.3. The van der Waals surface area contributed by atoms with Crippen LogP contribution in [0.15, 0.2) is 42.5 Å². The van der Waals surface area contributed by atoms with Crippen molar-refractivity contribution in [3.05, 3.63) is 65.0 Å². The molecule has 0 aliphatic rings. The molecule has 2 rings (SSSR count). The molecule has 0 saturated carbocycles. The highest BCUT2D eigenvalue weighted by Gasteiger charge is 2.08. The van der Waals surface area contributed by atoms with Crippen LogP contribution in [0.2, 0.25) is 0 Å². The van der Waals surface area contributed by atoms with Gasteiger partial charge in [-0.3, -0.25) is 0 Å². The molecule has 0 aliphatic carbocycles. The molecule has 2 N–H and O–H groups in total. The second kappa shape index (κ2) is 6.19. The number of hydrogen-bond acceptors (Lipinski definition) is 2. The first-order valence-corrected chi connectivity index (χ1v) is 6.45. The highest BCUT2D eigenvalue weighted by molar-refractivity contribution is 5.87. The van der Waals surface area contributed by atoms with Gasteiger partial charge < -0.3 is 10.4 Å². The number of para-hydroxylation sites is 1. The summed E-state index contributed by atoms with van der Waals surface area (Å²) in [6.07, 6.45) is 0.876. The molecule has 0 saturated heterocycles. The van der Waals surface area contributed by atoms with Gasteiger partial charge in [0.25, 0.3) is 0 Å². The van der Waals surface area contributed by atoms with Crippen molar-refractivity contribution in [2.75, 3.05) is 5.32 Å². The van der Waals surface area contributed by atoms with Crippen molar-refractivity contribution in [2.24, 2.45) is 0 Å². The van der Waals surface area contributed by atoms with Crippen LogP contribution in [-0.4, -0.2) is 11.1 Å². The zero-order valence-electron chi connectivity index (χ0n) is 11.2. The number of aryl methyl sites for hydroxylation is 1. The minimum atomic E-state index is -1.06. The molecule has 0 bridgehead atoms. The number of rotatable bonds is 5. The van der Waals surface area contributed by atoms with Gasteiger partial charge in [0.2, 0.25) is 0 Å². The molecule has 0 aliphatic heterocycles. The zero-order valence-corrected chi connectivity index (χ0v) is 11.2. The van der Waals surface area contributed by atoms with Crippen molar-refractivity contribution >= 4 is 11.7 Å². The number of hydrogen-bond donors (Lipinski definition) is 2. The molecule has 2 aromatic rings. The summed E-state index contributed by atoms with van der Waals surface area (Å²) in [4.78, 5) is 10.9. The first kappa shape index (κ1) is 14.1. The molecule has 0 radical (unpaired) electrons. The molecular formula is C16H16FNO2. The van der Waals surface area contributed by atoms with Crippen molar-refractivity contribution in [2.45, 2.75) is 19.9 Å². The molecule has 20 heavy (non-hydrogen) atoms. The summed E-state index contributed by atoms with van der Waals surface area (Å²) in [5.41, 5.74) is 2.51. The number of halogens is 1. The fourth-order valence-electron chi connectivity index (χ4n) is 2.03. The maximum Gasteiger partial charge on any atom is 0.335 e. The van der Waals surface area contributed by atoms with Crippen LogP contribution >= 0.6 is 0 Å². The fourth-order valence-corrected chi connectivity index (χ4v) is 2.03. The third-order valence-corrected chi connectivity index (χ3v) is 3.16. The molecule has 0 aromatic heterocycles. The average molecular weight is 273 g/mol. The van der Waals surface area contributed by atoms with E-state index in [1.807, 2.05) is 31.2 Å². The summed E-state index contributed by atoms with van der Waals surface area (Å²) in [5.74, 6) is -1.46. The van der Waals surface area contributed by atoms with Gasteiger partial charge in [0.15, 0.2) is 0 Å². The quantitative estimate of drug-likeness (QED) is 0.873. The number of anilines is 1. The topological polar surface area (TPSA) is 49.3 Å². The number of carboxylic acids is 1. The summed E-state index contributed by atoms with van der Waals surface area (Å²) < 4.78 is 13.7. The van der Waals surface area contributed by atoms with Crippen LogP contribution < -0.4 is 5.32 Å². The summed E-state index contributed by atoms with van der Waals surface area (Å²) in [6, 6.07) is 11.6. The van der Waals surface area contributed by atoms with E-state index in [-0.39, 0.29) is 12.1 Å². The van der Waals surface area contributed by atoms with E-state index in [0.717, 1.165) is 17.7 Å². The number of carboxylic acid groups (broad SMARTS) is 1. The first-order valence-electron chi connectivity index (χ1n) is 6.45. The molecule has 3 nitrogen and oxygen atoms in total. The Bertz CT molecular complexity index is 626. The van der Waals surface area contributed by atoms with Gasteiger partial charge in [0, 0.05) is 17.8 Å². The molecule has 0 fully saturated rings. The highest BCUT2D eigenvalue weighted by atomic mass is 19.1. The minimum absolute atomic E-state index is 0.0898. The van der Waals surface area contributed by atoms with E-state index in [0.29, 0.717) is 5.56 Å². The maximum atomic E-state index is 13.7. The van der Waals surface area contributed by atoms with Crippen molar-refractivity contribution in [3.8, 4) is 0 Å². The van der Waals surface area contributed by atoms with Gasteiger partial charge in [-0.2, -0.15) is 0 Å². The third kappa shape index (κ3) is 3.15. The summed E-state index contributed by atoms with van der Waals surface area (Å²) >= 11 is 0. The Hall–Kier alpha value is -2.36. The van der Waals surface area contributed by atoms with Crippen molar-refractivity contribution in [3.63, 3.8) is 0 Å². The van der Waals surface area contributed by atoms with Gasteiger partial charge in [-0.05, 0) is 36.2 Å². The Morgan fingerprint density at radius 1 is 1.20 bits per heavy atom. The van der Waals surface area contributed by atoms with Gasteiger partial charge in [0.1, 0.15) is 5.82 Å². The summed E-state index contributed by atoms with van der Waals surface area (Å²) in [7, 11) is 0. The molecule has 0 amide bonds. The van der Waals surface area contributed by atoms with Crippen LogP contribution in [0.1, 0.15) is 28.4 Å². The van der Waals surface area contributed by atoms with Crippen LogP contribution in [0, 0.1) is 5.82 Å². The molecular weight excluding hydrogens is 257 g/mol. The lowest BCUT2D eigenvalue weighted by atomic mass is 10.1. The Morgan fingerprint density at radius 2 is 1.95 bits per heavy atom. The lowest BCUT2D eigenvalue weighted by Crippen LogP contribution is -2.06. The Morgan fingerprint density at radius 3 is 2.65 bits per heavy atom.